The van der Waals surface area contributed by atoms with E-state index in [1.54, 1.807) is 30.2 Å². The molecule has 0 saturated carbocycles. The molecule has 0 spiro atoms. The molecule has 0 aliphatic carbocycles. The van der Waals surface area contributed by atoms with Gasteiger partial charge in [-0.3, -0.25) is 4.98 Å². The third kappa shape index (κ3) is 8.29. The van der Waals surface area contributed by atoms with Gasteiger partial charge in [0.15, 0.2) is 0 Å². The van der Waals surface area contributed by atoms with E-state index in [1.807, 2.05) is 34.9 Å². The number of carbonyl (C=O) groups is 2. The van der Waals surface area contributed by atoms with Crippen molar-refractivity contribution in [1.82, 2.24) is 14.8 Å². The van der Waals surface area contributed by atoms with Crippen LogP contribution >= 0.6 is 0 Å². The Morgan fingerprint density at radius 2 is 1.88 bits per heavy atom. The molecule has 1 rings (SSSR count). The van der Waals surface area contributed by atoms with E-state index in [-0.39, 0.29) is 12.6 Å². The minimum atomic E-state index is -0.572. The molecular weight excluding hydrogens is 334 g/mol. The van der Waals surface area contributed by atoms with Crippen molar-refractivity contribution in [1.29, 1.82) is 0 Å². The summed E-state index contributed by atoms with van der Waals surface area (Å²) in [6.45, 7) is 9.25. The van der Waals surface area contributed by atoms with Crippen LogP contribution in [-0.2, 0) is 16.0 Å². The van der Waals surface area contributed by atoms with Crippen LogP contribution in [0, 0.1) is 0 Å². The fourth-order valence-corrected chi connectivity index (χ4v) is 2.24. The fourth-order valence-electron chi connectivity index (χ4n) is 2.24. The summed E-state index contributed by atoms with van der Waals surface area (Å²) < 4.78 is 10.5. The Labute approximate surface area is 156 Å². The lowest BCUT2D eigenvalue weighted by atomic mass is 10.2. The van der Waals surface area contributed by atoms with Crippen molar-refractivity contribution in [2.75, 3.05) is 33.8 Å². The summed E-state index contributed by atoms with van der Waals surface area (Å²) in [5.74, 6) is -0.396. The van der Waals surface area contributed by atoms with Crippen molar-refractivity contribution in [3.63, 3.8) is 0 Å². The summed E-state index contributed by atoms with van der Waals surface area (Å²) in [7, 11) is 3.98. The standard InChI is InChI=1S/C19H31N3O4/c1-7-25-17(23)15-9-10-20-16(13-15)14-22(12-8-11-21(5)6)18(24)26-19(2,3)4/h9-10,13H,7-8,11-12,14H2,1-6H3. The first-order valence-electron chi connectivity index (χ1n) is 8.87. The normalized spacial score (nSPS) is 11.3. The SMILES string of the molecule is CCOC(=O)c1ccnc(CN(CCCN(C)C)C(=O)OC(C)(C)C)c1. The van der Waals surface area contributed by atoms with Crippen molar-refractivity contribution >= 4 is 12.1 Å². The van der Waals surface area contributed by atoms with Gasteiger partial charge in [0.25, 0.3) is 0 Å². The lowest BCUT2D eigenvalue weighted by molar-refractivity contribution is 0.0226. The minimum absolute atomic E-state index is 0.273. The quantitative estimate of drug-likeness (QED) is 0.660. The molecule has 0 N–H and O–H groups in total. The van der Waals surface area contributed by atoms with Crippen molar-refractivity contribution < 1.29 is 19.1 Å². The summed E-state index contributed by atoms with van der Waals surface area (Å²) in [5, 5.41) is 0. The average molecular weight is 365 g/mol. The Hall–Kier alpha value is -2.15. The topological polar surface area (TPSA) is 72.0 Å². The van der Waals surface area contributed by atoms with Crippen LogP contribution in [0.5, 0.6) is 0 Å². The molecule has 0 unspecified atom stereocenters. The van der Waals surface area contributed by atoms with E-state index in [2.05, 4.69) is 9.88 Å². The maximum Gasteiger partial charge on any atom is 0.410 e. The van der Waals surface area contributed by atoms with Crippen LogP contribution < -0.4 is 0 Å². The molecule has 0 bridgehead atoms. The molecule has 0 saturated heterocycles. The summed E-state index contributed by atoms with van der Waals surface area (Å²) in [4.78, 5) is 32.4. The second-order valence-corrected chi connectivity index (χ2v) is 7.32. The van der Waals surface area contributed by atoms with Crippen LogP contribution in [-0.4, -0.2) is 66.2 Å². The van der Waals surface area contributed by atoms with Crippen molar-refractivity contribution in [2.24, 2.45) is 0 Å². The minimum Gasteiger partial charge on any atom is -0.462 e. The zero-order valence-corrected chi connectivity index (χ0v) is 16.7. The number of esters is 1. The first-order valence-corrected chi connectivity index (χ1v) is 8.87. The highest BCUT2D eigenvalue weighted by molar-refractivity contribution is 5.89. The van der Waals surface area contributed by atoms with Gasteiger partial charge in [0, 0.05) is 12.7 Å². The first-order chi connectivity index (χ1) is 12.1. The molecule has 0 fully saturated rings. The number of aromatic nitrogens is 1. The second kappa shape index (κ2) is 10.1. The van der Waals surface area contributed by atoms with Crippen LogP contribution in [0.3, 0.4) is 0 Å². The Balaban J connectivity index is 2.88. The smallest absolute Gasteiger partial charge is 0.410 e. The zero-order chi connectivity index (χ0) is 19.7. The molecule has 0 aliphatic rings. The van der Waals surface area contributed by atoms with Gasteiger partial charge < -0.3 is 19.3 Å². The molecule has 0 atom stereocenters. The lowest BCUT2D eigenvalue weighted by Gasteiger charge is -2.27. The highest BCUT2D eigenvalue weighted by atomic mass is 16.6. The zero-order valence-electron chi connectivity index (χ0n) is 16.7. The van der Waals surface area contributed by atoms with Gasteiger partial charge in [0.1, 0.15) is 5.60 Å². The summed E-state index contributed by atoms with van der Waals surface area (Å²) in [5.41, 5.74) is 0.470. The third-order valence-corrected chi connectivity index (χ3v) is 3.37. The second-order valence-electron chi connectivity index (χ2n) is 7.32. The molecule has 26 heavy (non-hydrogen) atoms. The number of pyridine rings is 1. The van der Waals surface area contributed by atoms with E-state index >= 15 is 0 Å². The van der Waals surface area contributed by atoms with Gasteiger partial charge in [-0.2, -0.15) is 0 Å². The Kier molecular flexibility index (Phi) is 8.51. The predicted octanol–water partition coefficient (Wildman–Crippen LogP) is 2.95. The molecule has 0 aliphatic heterocycles. The largest absolute Gasteiger partial charge is 0.462 e. The van der Waals surface area contributed by atoms with E-state index in [0.29, 0.717) is 24.4 Å². The predicted molar refractivity (Wildman–Crippen MR) is 100 cm³/mol. The van der Waals surface area contributed by atoms with Crippen molar-refractivity contribution in [2.45, 2.75) is 46.3 Å². The van der Waals surface area contributed by atoms with Gasteiger partial charge in [-0.05, 0) is 66.9 Å². The molecule has 1 aromatic heterocycles. The Morgan fingerprint density at radius 3 is 2.46 bits per heavy atom. The first kappa shape index (κ1) is 21.9. The molecule has 1 heterocycles. The van der Waals surface area contributed by atoms with Gasteiger partial charge in [0.05, 0.1) is 24.4 Å². The molecule has 1 amide bonds. The number of nitrogens with zero attached hydrogens (tertiary/aromatic N) is 3. The van der Waals surface area contributed by atoms with Crippen LogP contribution in [0.25, 0.3) is 0 Å². The van der Waals surface area contributed by atoms with Crippen LogP contribution in [0.15, 0.2) is 18.3 Å². The maximum absolute atomic E-state index is 12.5. The van der Waals surface area contributed by atoms with Gasteiger partial charge >= 0.3 is 12.1 Å². The molecular formula is C19H31N3O4. The van der Waals surface area contributed by atoms with Crippen LogP contribution in [0.1, 0.15) is 50.2 Å². The summed E-state index contributed by atoms with van der Waals surface area (Å²) >= 11 is 0. The average Bonchev–Trinajstić information content (AvgIpc) is 2.52. The number of ether oxygens (including phenoxy) is 2. The molecule has 146 valence electrons. The van der Waals surface area contributed by atoms with Gasteiger partial charge in [-0.25, -0.2) is 9.59 Å². The van der Waals surface area contributed by atoms with Gasteiger partial charge in [-0.1, -0.05) is 0 Å². The number of carbonyl (C=O) groups excluding carboxylic acids is 2. The number of rotatable bonds is 8. The summed E-state index contributed by atoms with van der Waals surface area (Å²) in [6.07, 6.45) is 1.97. The molecule has 0 aromatic carbocycles. The van der Waals surface area contributed by atoms with Crippen LogP contribution in [0.2, 0.25) is 0 Å². The molecule has 7 nitrogen and oxygen atoms in total. The van der Waals surface area contributed by atoms with E-state index in [4.69, 9.17) is 9.47 Å². The van der Waals surface area contributed by atoms with E-state index in [9.17, 15) is 9.59 Å². The number of hydrogen-bond donors (Lipinski definition) is 0. The molecule has 1 aromatic rings. The highest BCUT2D eigenvalue weighted by Crippen LogP contribution is 2.13. The van der Waals surface area contributed by atoms with Gasteiger partial charge in [-0.15, -0.1) is 0 Å². The van der Waals surface area contributed by atoms with Crippen molar-refractivity contribution in [3.8, 4) is 0 Å². The fraction of sp³-hybridized carbons (Fsp3) is 0.632. The monoisotopic (exact) mass is 365 g/mol. The van der Waals surface area contributed by atoms with E-state index in [1.165, 1.54) is 0 Å². The lowest BCUT2D eigenvalue weighted by Crippen LogP contribution is -2.38. The third-order valence-electron chi connectivity index (χ3n) is 3.37. The van der Waals surface area contributed by atoms with Crippen LogP contribution in [0.4, 0.5) is 4.79 Å². The Morgan fingerprint density at radius 1 is 1.19 bits per heavy atom. The summed E-state index contributed by atoms with van der Waals surface area (Å²) in [6, 6.07) is 3.26. The van der Waals surface area contributed by atoms with Crippen molar-refractivity contribution in [3.05, 3.63) is 29.6 Å². The van der Waals surface area contributed by atoms with Gasteiger partial charge in [0.2, 0.25) is 0 Å². The van der Waals surface area contributed by atoms with E-state index in [0.717, 1.165) is 13.0 Å². The highest BCUT2D eigenvalue weighted by Gasteiger charge is 2.23. The Bertz CT molecular complexity index is 597. The number of amides is 1. The number of hydrogen-bond acceptors (Lipinski definition) is 6. The maximum atomic E-state index is 12.5. The molecule has 7 heteroatoms. The molecule has 0 radical (unpaired) electrons. The van der Waals surface area contributed by atoms with E-state index < -0.39 is 11.6 Å².